The van der Waals surface area contributed by atoms with Crippen molar-refractivity contribution >= 4 is 5.91 Å². The molecule has 0 atom stereocenters. The Balaban J connectivity index is 1.50. The highest BCUT2D eigenvalue weighted by atomic mass is 16.5. The summed E-state index contributed by atoms with van der Waals surface area (Å²) in [6.45, 7) is 1.04. The smallest absolute Gasteiger partial charge is 0.272 e. The SMILES string of the molecule is Cn1nc(C(=O)NCCC2=CCCCC2)c2c1-c1ccccc1OC2. The first-order chi connectivity index (χ1) is 12.2. The Morgan fingerprint density at radius 3 is 3.04 bits per heavy atom. The maximum absolute atomic E-state index is 12.6. The van der Waals surface area contributed by atoms with Crippen molar-refractivity contribution in [1.29, 1.82) is 0 Å². The van der Waals surface area contributed by atoms with Gasteiger partial charge in [-0.1, -0.05) is 23.8 Å². The number of nitrogens with one attached hydrogen (secondary N) is 1. The van der Waals surface area contributed by atoms with Gasteiger partial charge in [-0.2, -0.15) is 5.10 Å². The number of rotatable bonds is 4. The summed E-state index contributed by atoms with van der Waals surface area (Å²) in [5, 5.41) is 7.49. The van der Waals surface area contributed by atoms with E-state index >= 15 is 0 Å². The molecule has 0 bridgehead atoms. The molecule has 130 valence electrons. The molecule has 0 fully saturated rings. The van der Waals surface area contributed by atoms with Crippen LogP contribution in [-0.4, -0.2) is 22.2 Å². The molecule has 5 nitrogen and oxygen atoms in total. The Bertz CT molecular complexity index is 835. The van der Waals surface area contributed by atoms with E-state index in [1.165, 1.54) is 31.3 Å². The second-order valence-electron chi connectivity index (χ2n) is 6.70. The van der Waals surface area contributed by atoms with Gasteiger partial charge in [0.1, 0.15) is 12.4 Å². The zero-order valence-electron chi connectivity index (χ0n) is 14.5. The molecule has 1 aliphatic heterocycles. The van der Waals surface area contributed by atoms with Crippen LogP contribution >= 0.6 is 0 Å². The molecule has 1 aromatic carbocycles. The first-order valence-corrected chi connectivity index (χ1v) is 8.98. The fourth-order valence-corrected chi connectivity index (χ4v) is 3.71. The first-order valence-electron chi connectivity index (χ1n) is 8.98. The van der Waals surface area contributed by atoms with Crippen LogP contribution in [0, 0.1) is 0 Å². The minimum Gasteiger partial charge on any atom is -0.488 e. The number of ether oxygens (including phenoxy) is 1. The van der Waals surface area contributed by atoms with Gasteiger partial charge >= 0.3 is 0 Å². The normalized spacial score (nSPS) is 15.6. The molecular formula is C20H23N3O2. The van der Waals surface area contributed by atoms with Gasteiger partial charge in [-0.3, -0.25) is 9.48 Å². The lowest BCUT2D eigenvalue weighted by Gasteiger charge is -2.18. The minimum atomic E-state index is -0.115. The van der Waals surface area contributed by atoms with Crippen molar-refractivity contribution in [3.8, 4) is 17.0 Å². The molecule has 2 aromatic rings. The lowest BCUT2D eigenvalue weighted by atomic mass is 9.97. The molecule has 1 aliphatic carbocycles. The third kappa shape index (κ3) is 3.06. The van der Waals surface area contributed by atoms with Crippen LogP contribution in [0.5, 0.6) is 5.75 Å². The van der Waals surface area contributed by atoms with Crippen LogP contribution in [0.1, 0.15) is 48.2 Å². The molecule has 5 heteroatoms. The number of para-hydroxylation sites is 1. The summed E-state index contributed by atoms with van der Waals surface area (Å²) in [7, 11) is 1.88. The molecule has 2 aliphatic rings. The number of hydrogen-bond acceptors (Lipinski definition) is 3. The van der Waals surface area contributed by atoms with E-state index in [4.69, 9.17) is 4.74 Å². The maximum Gasteiger partial charge on any atom is 0.272 e. The van der Waals surface area contributed by atoms with E-state index in [0.29, 0.717) is 18.8 Å². The summed E-state index contributed by atoms with van der Waals surface area (Å²) < 4.78 is 7.60. The monoisotopic (exact) mass is 337 g/mol. The van der Waals surface area contributed by atoms with Crippen LogP contribution in [0.2, 0.25) is 0 Å². The van der Waals surface area contributed by atoms with Crippen molar-refractivity contribution in [1.82, 2.24) is 15.1 Å². The Morgan fingerprint density at radius 1 is 1.32 bits per heavy atom. The van der Waals surface area contributed by atoms with Crippen LogP contribution in [-0.2, 0) is 13.7 Å². The Kier molecular flexibility index (Phi) is 4.30. The molecule has 2 heterocycles. The summed E-state index contributed by atoms with van der Waals surface area (Å²) in [5.74, 6) is 0.727. The Labute approximate surface area is 147 Å². The van der Waals surface area contributed by atoms with E-state index in [1.54, 1.807) is 4.68 Å². The fraction of sp³-hybridized carbons (Fsp3) is 0.400. The van der Waals surface area contributed by atoms with Crippen LogP contribution in [0.4, 0.5) is 0 Å². The number of amides is 1. The van der Waals surface area contributed by atoms with Gasteiger partial charge in [-0.15, -0.1) is 0 Å². The topological polar surface area (TPSA) is 56.2 Å². The molecule has 1 aromatic heterocycles. The van der Waals surface area contributed by atoms with Gasteiger partial charge in [0.05, 0.1) is 5.69 Å². The van der Waals surface area contributed by atoms with Gasteiger partial charge in [-0.05, 0) is 44.2 Å². The second-order valence-corrected chi connectivity index (χ2v) is 6.70. The number of allylic oxidation sites excluding steroid dienone is 1. The fourth-order valence-electron chi connectivity index (χ4n) is 3.71. The Morgan fingerprint density at radius 2 is 2.20 bits per heavy atom. The molecule has 4 rings (SSSR count). The van der Waals surface area contributed by atoms with Gasteiger partial charge in [0.15, 0.2) is 5.69 Å². The van der Waals surface area contributed by atoms with Crippen LogP contribution in [0.15, 0.2) is 35.9 Å². The second kappa shape index (κ2) is 6.75. The van der Waals surface area contributed by atoms with E-state index in [-0.39, 0.29) is 5.91 Å². The lowest BCUT2D eigenvalue weighted by Crippen LogP contribution is -2.26. The molecule has 0 unspecified atom stereocenters. The Hall–Kier alpha value is -2.56. The third-order valence-electron chi connectivity index (χ3n) is 4.99. The lowest BCUT2D eigenvalue weighted by molar-refractivity contribution is 0.0946. The number of fused-ring (bicyclic) bond motifs is 3. The molecule has 0 spiro atoms. The van der Waals surface area contributed by atoms with Crippen molar-refractivity contribution in [3.63, 3.8) is 0 Å². The molecule has 0 radical (unpaired) electrons. The first kappa shape index (κ1) is 15.9. The molecular weight excluding hydrogens is 314 g/mol. The van der Waals surface area contributed by atoms with Gasteiger partial charge < -0.3 is 10.1 Å². The van der Waals surface area contributed by atoms with Crippen molar-refractivity contribution in [2.75, 3.05) is 6.54 Å². The average Bonchev–Trinajstić information content (AvgIpc) is 3.00. The van der Waals surface area contributed by atoms with Gasteiger partial charge in [0.25, 0.3) is 5.91 Å². The average molecular weight is 337 g/mol. The number of nitrogens with zero attached hydrogens (tertiary/aromatic N) is 2. The van der Waals surface area contributed by atoms with Crippen molar-refractivity contribution in [3.05, 3.63) is 47.2 Å². The maximum atomic E-state index is 12.6. The summed E-state index contributed by atoms with van der Waals surface area (Å²) in [5.41, 5.74) is 4.78. The highest BCUT2D eigenvalue weighted by molar-refractivity contribution is 5.96. The molecule has 1 amide bonds. The van der Waals surface area contributed by atoms with E-state index in [9.17, 15) is 4.79 Å². The highest BCUT2D eigenvalue weighted by Crippen LogP contribution is 2.38. The highest BCUT2D eigenvalue weighted by Gasteiger charge is 2.27. The van der Waals surface area contributed by atoms with Crippen molar-refractivity contribution < 1.29 is 9.53 Å². The number of carbonyl (C=O) groups excluding carboxylic acids is 1. The van der Waals surface area contributed by atoms with E-state index in [0.717, 1.165) is 29.0 Å². The molecule has 0 saturated heterocycles. The number of benzene rings is 1. The molecule has 1 N–H and O–H groups in total. The minimum absolute atomic E-state index is 0.115. The number of aryl methyl sites for hydroxylation is 1. The van der Waals surface area contributed by atoms with E-state index in [1.807, 2.05) is 31.3 Å². The van der Waals surface area contributed by atoms with Gasteiger partial charge in [0, 0.05) is 24.7 Å². The predicted molar refractivity (Wildman–Crippen MR) is 96.5 cm³/mol. The third-order valence-corrected chi connectivity index (χ3v) is 4.99. The number of carbonyl (C=O) groups is 1. The van der Waals surface area contributed by atoms with Gasteiger partial charge in [-0.25, -0.2) is 0 Å². The standard InChI is InChI=1S/C20H23N3O2/c1-23-19-15-9-5-6-10-17(15)25-13-16(19)18(22-23)20(24)21-12-11-14-7-3-2-4-8-14/h5-7,9-10H,2-4,8,11-13H2,1H3,(H,21,24). The summed E-state index contributed by atoms with van der Waals surface area (Å²) in [4.78, 5) is 12.6. The summed E-state index contributed by atoms with van der Waals surface area (Å²) in [6, 6.07) is 7.88. The largest absolute Gasteiger partial charge is 0.488 e. The van der Waals surface area contributed by atoms with Crippen molar-refractivity contribution in [2.24, 2.45) is 7.05 Å². The summed E-state index contributed by atoms with van der Waals surface area (Å²) >= 11 is 0. The zero-order chi connectivity index (χ0) is 17.2. The van der Waals surface area contributed by atoms with Gasteiger partial charge in [0.2, 0.25) is 0 Å². The van der Waals surface area contributed by atoms with Crippen molar-refractivity contribution in [2.45, 2.75) is 38.7 Å². The molecule has 0 saturated carbocycles. The van der Waals surface area contributed by atoms with E-state index < -0.39 is 0 Å². The van der Waals surface area contributed by atoms with Crippen LogP contribution < -0.4 is 10.1 Å². The quantitative estimate of drug-likeness (QED) is 0.867. The number of hydrogen-bond donors (Lipinski definition) is 1. The van der Waals surface area contributed by atoms with E-state index in [2.05, 4.69) is 16.5 Å². The predicted octanol–water partition coefficient (Wildman–Crippen LogP) is 3.60. The van der Waals surface area contributed by atoms with Crippen LogP contribution in [0.3, 0.4) is 0 Å². The molecule has 25 heavy (non-hydrogen) atoms. The number of aromatic nitrogens is 2. The van der Waals surface area contributed by atoms with Crippen LogP contribution in [0.25, 0.3) is 11.3 Å². The zero-order valence-corrected chi connectivity index (χ0v) is 14.5. The summed E-state index contributed by atoms with van der Waals surface area (Å²) in [6.07, 6.45) is 8.15.